The average Bonchev–Trinajstić information content (AvgIpc) is 3.17. The van der Waals surface area contributed by atoms with Crippen LogP contribution in [0.15, 0.2) is 36.5 Å². The second kappa shape index (κ2) is 35.3. The zero-order valence-corrected chi connectivity index (χ0v) is 34.0. The zero-order chi connectivity index (χ0) is 39.5. The highest BCUT2D eigenvalue weighted by atomic mass is 16.7. The van der Waals surface area contributed by atoms with Crippen LogP contribution in [0.1, 0.15) is 174 Å². The molecular weight excluding hydrogens is 688 g/mol. The van der Waals surface area contributed by atoms with Crippen LogP contribution in [0.5, 0.6) is 0 Å². The molecule has 0 bridgehead atoms. The van der Waals surface area contributed by atoms with Crippen molar-refractivity contribution < 1.29 is 49.0 Å². The van der Waals surface area contributed by atoms with Crippen molar-refractivity contribution in [1.29, 1.82) is 0 Å². The second-order valence-corrected chi connectivity index (χ2v) is 14.8. The molecule has 0 aromatic carbocycles. The molecule has 1 heterocycles. The van der Waals surface area contributed by atoms with Gasteiger partial charge >= 0.3 is 11.9 Å². The fraction of sp³-hybridized carbons (Fsp3) is 0.818. The van der Waals surface area contributed by atoms with Crippen LogP contribution in [0.3, 0.4) is 0 Å². The Morgan fingerprint density at radius 2 is 1.04 bits per heavy atom. The summed E-state index contributed by atoms with van der Waals surface area (Å²) in [6, 6.07) is 0. The molecule has 0 spiro atoms. The van der Waals surface area contributed by atoms with Crippen LogP contribution in [-0.4, -0.2) is 89.0 Å². The molecule has 10 nitrogen and oxygen atoms in total. The maximum absolute atomic E-state index is 12.7. The number of allylic oxidation sites excluding steroid dienone is 6. The van der Waals surface area contributed by atoms with E-state index in [1.807, 2.05) is 0 Å². The molecule has 4 N–H and O–H groups in total. The molecule has 1 aliphatic rings. The van der Waals surface area contributed by atoms with Gasteiger partial charge in [0.1, 0.15) is 31.0 Å². The Morgan fingerprint density at radius 1 is 0.574 bits per heavy atom. The first-order valence-electron chi connectivity index (χ1n) is 21.6. The van der Waals surface area contributed by atoms with Crippen LogP contribution < -0.4 is 0 Å². The SMILES string of the molecule is CCCCCCC/C=C/CCCCCCCC(=O)O[C@@H](COC(=O)CCCC/C=C/C/C=C/CCCCCCCC)CO[C@H]1O[C@@H](CO)[C@@H](O)C(O)C1O. The minimum Gasteiger partial charge on any atom is -0.462 e. The minimum absolute atomic E-state index is 0.213. The summed E-state index contributed by atoms with van der Waals surface area (Å²) in [6.45, 7) is 3.36. The van der Waals surface area contributed by atoms with E-state index in [2.05, 4.69) is 50.3 Å². The van der Waals surface area contributed by atoms with Gasteiger partial charge in [0.2, 0.25) is 0 Å². The molecule has 0 amide bonds. The van der Waals surface area contributed by atoms with Gasteiger partial charge in [-0.25, -0.2) is 0 Å². The summed E-state index contributed by atoms with van der Waals surface area (Å²) in [5, 5.41) is 40.0. The lowest BCUT2D eigenvalue weighted by atomic mass is 9.99. The smallest absolute Gasteiger partial charge is 0.306 e. The summed E-state index contributed by atoms with van der Waals surface area (Å²) < 4.78 is 22.1. The van der Waals surface area contributed by atoms with Crippen molar-refractivity contribution in [3.63, 3.8) is 0 Å². The van der Waals surface area contributed by atoms with E-state index in [0.717, 1.165) is 64.2 Å². The zero-order valence-electron chi connectivity index (χ0n) is 34.0. The van der Waals surface area contributed by atoms with Crippen molar-refractivity contribution in [2.45, 2.75) is 211 Å². The van der Waals surface area contributed by atoms with Crippen LogP contribution in [0.2, 0.25) is 0 Å². The lowest BCUT2D eigenvalue weighted by Gasteiger charge is -2.39. The predicted octanol–water partition coefficient (Wildman–Crippen LogP) is 8.72. The second-order valence-electron chi connectivity index (χ2n) is 14.8. The molecule has 314 valence electrons. The summed E-state index contributed by atoms with van der Waals surface area (Å²) in [7, 11) is 0. The summed E-state index contributed by atoms with van der Waals surface area (Å²) in [4.78, 5) is 25.2. The predicted molar refractivity (Wildman–Crippen MR) is 215 cm³/mol. The van der Waals surface area contributed by atoms with Gasteiger partial charge in [0.25, 0.3) is 0 Å². The normalized spacial score (nSPS) is 21.0. The molecule has 54 heavy (non-hydrogen) atoms. The molecular formula is C44H78O10. The number of aliphatic hydroxyl groups is 4. The fourth-order valence-electron chi connectivity index (χ4n) is 6.27. The van der Waals surface area contributed by atoms with Gasteiger partial charge in [0, 0.05) is 12.8 Å². The standard InChI is InChI=1S/C44H78O10/c1-3-5-7-9-11-13-15-17-19-21-22-24-26-28-30-32-39(46)51-35-37(36-52-44-43(50)42(49)41(48)38(34-45)54-44)53-40(47)33-31-29-27-25-23-20-18-16-14-12-10-8-6-4-2/h16-19,22,24,37-38,41-45,48-50H,3-15,20-21,23,25-36H2,1-2H3/b18-16+,19-17+,24-22+/t37-,38-,41+,42?,43?,44-/m0/s1. The molecule has 10 heteroatoms. The Labute approximate surface area is 327 Å². The molecule has 0 aliphatic carbocycles. The molecule has 0 aromatic heterocycles. The molecule has 2 unspecified atom stereocenters. The topological polar surface area (TPSA) is 152 Å². The first-order valence-corrected chi connectivity index (χ1v) is 21.6. The third-order valence-electron chi connectivity index (χ3n) is 9.75. The fourth-order valence-corrected chi connectivity index (χ4v) is 6.27. The highest BCUT2D eigenvalue weighted by Crippen LogP contribution is 2.22. The highest BCUT2D eigenvalue weighted by Gasteiger charge is 2.44. The molecule has 1 saturated heterocycles. The van der Waals surface area contributed by atoms with Gasteiger partial charge in [-0.05, 0) is 70.6 Å². The number of carbonyl (C=O) groups excluding carboxylic acids is 2. The third-order valence-corrected chi connectivity index (χ3v) is 9.75. The van der Waals surface area contributed by atoms with Gasteiger partial charge in [-0.2, -0.15) is 0 Å². The number of carbonyl (C=O) groups is 2. The number of esters is 2. The summed E-state index contributed by atoms with van der Waals surface area (Å²) >= 11 is 0. The number of hydrogen-bond donors (Lipinski definition) is 4. The monoisotopic (exact) mass is 767 g/mol. The highest BCUT2D eigenvalue weighted by molar-refractivity contribution is 5.70. The number of aliphatic hydroxyl groups excluding tert-OH is 4. The third kappa shape index (κ3) is 26.7. The van der Waals surface area contributed by atoms with Crippen LogP contribution in [0.4, 0.5) is 0 Å². The van der Waals surface area contributed by atoms with Crippen molar-refractivity contribution >= 4 is 11.9 Å². The van der Waals surface area contributed by atoms with Crippen molar-refractivity contribution in [3.05, 3.63) is 36.5 Å². The van der Waals surface area contributed by atoms with E-state index in [0.29, 0.717) is 12.8 Å². The number of ether oxygens (including phenoxy) is 4. The minimum atomic E-state index is -1.60. The average molecular weight is 767 g/mol. The van der Waals surface area contributed by atoms with Crippen molar-refractivity contribution in [1.82, 2.24) is 0 Å². The van der Waals surface area contributed by atoms with Crippen molar-refractivity contribution in [2.24, 2.45) is 0 Å². The summed E-state index contributed by atoms with van der Waals surface area (Å²) in [6.07, 6.45) is 31.5. The van der Waals surface area contributed by atoms with Crippen molar-refractivity contribution in [2.75, 3.05) is 19.8 Å². The maximum Gasteiger partial charge on any atom is 0.306 e. The van der Waals surface area contributed by atoms with Crippen LogP contribution in [0.25, 0.3) is 0 Å². The maximum atomic E-state index is 12.7. The van der Waals surface area contributed by atoms with E-state index in [-0.39, 0.29) is 26.1 Å². The van der Waals surface area contributed by atoms with E-state index >= 15 is 0 Å². The van der Waals surface area contributed by atoms with Gasteiger partial charge in [-0.1, -0.05) is 127 Å². The molecule has 1 rings (SSSR count). The molecule has 6 atom stereocenters. The van der Waals surface area contributed by atoms with E-state index < -0.39 is 55.4 Å². The van der Waals surface area contributed by atoms with E-state index in [1.165, 1.54) is 70.6 Å². The Balaban J connectivity index is 2.39. The first kappa shape index (κ1) is 49.9. The molecule has 1 aliphatic heterocycles. The Hall–Kier alpha value is -2.08. The Kier molecular flexibility index (Phi) is 32.7. The first-order chi connectivity index (χ1) is 26.3. The van der Waals surface area contributed by atoms with Gasteiger partial charge in [-0.15, -0.1) is 0 Å². The Bertz CT molecular complexity index is 980. The van der Waals surface area contributed by atoms with E-state index in [9.17, 15) is 30.0 Å². The molecule has 0 saturated carbocycles. The van der Waals surface area contributed by atoms with Crippen molar-refractivity contribution in [3.8, 4) is 0 Å². The Morgan fingerprint density at radius 3 is 1.59 bits per heavy atom. The van der Waals surface area contributed by atoms with E-state index in [1.54, 1.807) is 0 Å². The lowest BCUT2D eigenvalue weighted by molar-refractivity contribution is -0.305. The number of rotatable bonds is 35. The van der Waals surface area contributed by atoms with Gasteiger partial charge in [0.15, 0.2) is 12.4 Å². The van der Waals surface area contributed by atoms with Gasteiger partial charge in [0.05, 0.1) is 13.2 Å². The van der Waals surface area contributed by atoms with E-state index in [4.69, 9.17) is 18.9 Å². The molecule has 0 radical (unpaired) electrons. The van der Waals surface area contributed by atoms with Gasteiger partial charge in [-0.3, -0.25) is 9.59 Å². The lowest BCUT2D eigenvalue weighted by Crippen LogP contribution is -2.59. The number of hydrogen-bond acceptors (Lipinski definition) is 10. The molecule has 0 aromatic rings. The van der Waals surface area contributed by atoms with Gasteiger partial charge < -0.3 is 39.4 Å². The van der Waals surface area contributed by atoms with Crippen LogP contribution in [0, 0.1) is 0 Å². The largest absolute Gasteiger partial charge is 0.462 e. The summed E-state index contributed by atoms with van der Waals surface area (Å²) in [5.74, 6) is -0.855. The summed E-state index contributed by atoms with van der Waals surface area (Å²) in [5.41, 5.74) is 0. The van der Waals surface area contributed by atoms with Crippen LogP contribution in [-0.2, 0) is 28.5 Å². The quantitative estimate of drug-likeness (QED) is 0.0280. The molecule has 1 fully saturated rings. The van der Waals surface area contributed by atoms with Crippen LogP contribution >= 0.6 is 0 Å². The number of unbranched alkanes of at least 4 members (excludes halogenated alkanes) is 18.